The van der Waals surface area contributed by atoms with E-state index < -0.39 is 5.91 Å². The minimum atomic E-state index is -0.566. The Morgan fingerprint density at radius 3 is 2.57 bits per heavy atom. The maximum Gasteiger partial charge on any atom is 0.275 e. The van der Waals surface area contributed by atoms with Crippen LogP contribution in [0.1, 0.15) is 15.9 Å². The maximum absolute atomic E-state index is 12.8. The number of thioether (sulfide) groups is 1. The van der Waals surface area contributed by atoms with Crippen molar-refractivity contribution in [3.63, 3.8) is 0 Å². The molecule has 7 nitrogen and oxygen atoms in total. The van der Waals surface area contributed by atoms with Crippen molar-refractivity contribution < 1.29 is 14.7 Å². The number of benzene rings is 2. The Morgan fingerprint density at radius 2 is 1.93 bits per heavy atom. The van der Waals surface area contributed by atoms with Crippen LogP contribution in [0.5, 0.6) is 5.75 Å². The minimum Gasteiger partial charge on any atom is -0.507 e. The van der Waals surface area contributed by atoms with Gasteiger partial charge in [0.1, 0.15) is 5.75 Å². The molecule has 154 valence electrons. The molecular weight excluding hydrogens is 400 g/mol. The number of nitrogens with zero attached hydrogens (tertiary/aromatic N) is 3. The number of hydrogen-bond acceptors (Lipinski definition) is 6. The van der Waals surface area contributed by atoms with Gasteiger partial charge in [-0.1, -0.05) is 30.3 Å². The fourth-order valence-electron chi connectivity index (χ4n) is 2.73. The fraction of sp³-hybridized carbons (Fsp3) is 0.136. The normalized spacial score (nSPS) is 16.2. The Hall–Kier alpha value is -3.52. The quantitative estimate of drug-likeness (QED) is 0.424. The first-order chi connectivity index (χ1) is 14.4. The molecule has 0 aliphatic carbocycles. The van der Waals surface area contributed by atoms with Gasteiger partial charge >= 0.3 is 0 Å². The average molecular weight is 423 g/mol. The van der Waals surface area contributed by atoms with Crippen LogP contribution in [-0.2, 0) is 4.79 Å². The number of rotatable bonds is 6. The summed E-state index contributed by atoms with van der Waals surface area (Å²) in [5, 5.41) is 14.2. The van der Waals surface area contributed by atoms with E-state index in [9.17, 15) is 14.7 Å². The number of nitrogens with one attached hydrogen (secondary N) is 1. The molecule has 1 heterocycles. The summed E-state index contributed by atoms with van der Waals surface area (Å²) < 4.78 is 0. The molecule has 0 aromatic heterocycles. The van der Waals surface area contributed by atoms with Crippen molar-refractivity contribution in [3.8, 4) is 5.75 Å². The van der Waals surface area contributed by atoms with E-state index in [1.54, 1.807) is 24.3 Å². The van der Waals surface area contributed by atoms with E-state index in [1.807, 2.05) is 43.3 Å². The van der Waals surface area contributed by atoms with Gasteiger partial charge in [0.25, 0.3) is 11.8 Å². The molecule has 2 aromatic rings. The highest BCUT2D eigenvalue weighted by atomic mass is 32.2. The molecule has 1 saturated heterocycles. The number of para-hydroxylation sites is 1. The number of amides is 2. The molecule has 1 aliphatic rings. The zero-order valence-corrected chi connectivity index (χ0v) is 17.5. The van der Waals surface area contributed by atoms with Gasteiger partial charge < -0.3 is 10.0 Å². The largest absolute Gasteiger partial charge is 0.507 e. The number of amidine groups is 1. The topological polar surface area (TPSA) is 85.2 Å². The SMILES string of the molecule is C=CCN1C(=O)C(=Cc2ccc(N(C)C)cc2)SC1=NNC(=O)c1ccccc1O. The molecule has 2 amide bonds. The molecule has 1 aliphatic heterocycles. The van der Waals surface area contributed by atoms with Gasteiger partial charge in [0, 0.05) is 26.3 Å². The summed E-state index contributed by atoms with van der Waals surface area (Å²) in [6.07, 6.45) is 3.38. The van der Waals surface area contributed by atoms with E-state index >= 15 is 0 Å². The second-order valence-electron chi connectivity index (χ2n) is 6.65. The van der Waals surface area contributed by atoms with Crippen LogP contribution in [0.3, 0.4) is 0 Å². The summed E-state index contributed by atoms with van der Waals surface area (Å²) in [7, 11) is 3.92. The Kier molecular flexibility index (Phi) is 6.58. The van der Waals surface area contributed by atoms with Crippen molar-refractivity contribution in [2.75, 3.05) is 25.5 Å². The van der Waals surface area contributed by atoms with Crippen LogP contribution in [0.2, 0.25) is 0 Å². The third kappa shape index (κ3) is 4.72. The summed E-state index contributed by atoms with van der Waals surface area (Å²) in [5.74, 6) is -0.925. The number of hydrogen-bond donors (Lipinski definition) is 2. The third-order valence-corrected chi connectivity index (χ3v) is 5.32. The molecule has 0 atom stereocenters. The lowest BCUT2D eigenvalue weighted by atomic mass is 10.2. The van der Waals surface area contributed by atoms with Gasteiger partial charge in [-0.25, -0.2) is 5.43 Å². The summed E-state index contributed by atoms with van der Waals surface area (Å²) >= 11 is 1.17. The van der Waals surface area contributed by atoms with Gasteiger partial charge in [-0.2, -0.15) is 0 Å². The van der Waals surface area contributed by atoms with E-state index in [0.717, 1.165) is 11.3 Å². The van der Waals surface area contributed by atoms with Gasteiger partial charge in [-0.05, 0) is 47.7 Å². The molecule has 0 spiro atoms. The summed E-state index contributed by atoms with van der Waals surface area (Å²) in [4.78, 5) is 29.0. The highest BCUT2D eigenvalue weighted by Crippen LogP contribution is 2.32. The first kappa shape index (κ1) is 21.2. The first-order valence-corrected chi connectivity index (χ1v) is 9.98. The zero-order valence-electron chi connectivity index (χ0n) is 16.7. The highest BCUT2D eigenvalue weighted by molar-refractivity contribution is 8.18. The van der Waals surface area contributed by atoms with E-state index in [2.05, 4.69) is 17.1 Å². The average Bonchev–Trinajstić information content (AvgIpc) is 3.02. The second kappa shape index (κ2) is 9.32. The van der Waals surface area contributed by atoms with Gasteiger partial charge in [0.2, 0.25) is 0 Å². The van der Waals surface area contributed by atoms with Crippen molar-refractivity contribution in [1.29, 1.82) is 0 Å². The lowest BCUT2D eigenvalue weighted by Gasteiger charge is -2.12. The molecule has 0 radical (unpaired) electrons. The van der Waals surface area contributed by atoms with Gasteiger partial charge in [-0.3, -0.25) is 14.5 Å². The zero-order chi connectivity index (χ0) is 21.7. The van der Waals surface area contributed by atoms with Crippen LogP contribution >= 0.6 is 11.8 Å². The Bertz CT molecular complexity index is 1030. The molecule has 1 fully saturated rings. The van der Waals surface area contributed by atoms with Crippen LogP contribution in [-0.4, -0.2) is 47.6 Å². The number of carbonyl (C=O) groups excluding carboxylic acids is 2. The molecule has 0 saturated carbocycles. The van der Waals surface area contributed by atoms with Crippen molar-refractivity contribution in [1.82, 2.24) is 10.3 Å². The Balaban J connectivity index is 1.81. The van der Waals surface area contributed by atoms with Crippen molar-refractivity contribution >= 4 is 40.5 Å². The second-order valence-corrected chi connectivity index (χ2v) is 7.66. The van der Waals surface area contributed by atoms with Crippen LogP contribution in [0, 0.1) is 0 Å². The lowest BCUT2D eigenvalue weighted by molar-refractivity contribution is -0.121. The maximum atomic E-state index is 12.8. The number of phenolic OH excluding ortho intramolecular Hbond substituents is 1. The van der Waals surface area contributed by atoms with Gasteiger partial charge in [0.15, 0.2) is 5.17 Å². The van der Waals surface area contributed by atoms with E-state index in [4.69, 9.17) is 0 Å². The Morgan fingerprint density at radius 1 is 1.23 bits per heavy atom. The summed E-state index contributed by atoms with van der Waals surface area (Å²) in [6.45, 7) is 3.94. The van der Waals surface area contributed by atoms with Crippen LogP contribution < -0.4 is 10.3 Å². The van der Waals surface area contributed by atoms with Crippen molar-refractivity contribution in [2.45, 2.75) is 0 Å². The summed E-state index contributed by atoms with van der Waals surface area (Å²) in [6, 6.07) is 14.0. The molecule has 2 N–H and O–H groups in total. The molecule has 8 heteroatoms. The van der Waals surface area contributed by atoms with E-state index in [0.29, 0.717) is 10.1 Å². The molecule has 30 heavy (non-hydrogen) atoms. The number of hydrazone groups is 1. The van der Waals surface area contributed by atoms with Gasteiger partial charge in [-0.15, -0.1) is 11.7 Å². The molecule has 2 aromatic carbocycles. The number of carbonyl (C=O) groups is 2. The molecule has 0 bridgehead atoms. The van der Waals surface area contributed by atoms with Crippen LogP contribution in [0.25, 0.3) is 6.08 Å². The fourth-order valence-corrected chi connectivity index (χ4v) is 3.67. The molecule has 0 unspecified atom stereocenters. The van der Waals surface area contributed by atoms with Crippen molar-refractivity contribution in [2.24, 2.45) is 5.10 Å². The monoisotopic (exact) mass is 422 g/mol. The first-order valence-electron chi connectivity index (χ1n) is 9.16. The summed E-state index contributed by atoms with van der Waals surface area (Å²) in [5.41, 5.74) is 4.45. The van der Waals surface area contributed by atoms with Gasteiger partial charge in [0.05, 0.1) is 10.5 Å². The van der Waals surface area contributed by atoms with Crippen LogP contribution in [0.4, 0.5) is 5.69 Å². The smallest absolute Gasteiger partial charge is 0.275 e. The number of phenols is 1. The predicted octanol–water partition coefficient (Wildman–Crippen LogP) is 3.26. The molecule has 3 rings (SSSR count). The third-order valence-electron chi connectivity index (χ3n) is 4.31. The lowest BCUT2D eigenvalue weighted by Crippen LogP contribution is -2.31. The highest BCUT2D eigenvalue weighted by Gasteiger charge is 2.33. The van der Waals surface area contributed by atoms with E-state index in [1.165, 1.54) is 28.8 Å². The van der Waals surface area contributed by atoms with Crippen LogP contribution in [0.15, 0.2) is 71.2 Å². The predicted molar refractivity (Wildman–Crippen MR) is 121 cm³/mol. The number of anilines is 1. The standard InChI is InChI=1S/C22H22N4O3S/c1-4-13-26-21(29)19(14-15-9-11-16(12-10-15)25(2)3)30-22(26)24-23-20(28)17-7-5-6-8-18(17)27/h4-12,14,27H,1,13H2,2-3H3,(H,23,28). The van der Waals surface area contributed by atoms with E-state index in [-0.39, 0.29) is 23.8 Å². The number of aromatic hydroxyl groups is 1. The molecular formula is C22H22N4O3S. The minimum absolute atomic E-state index is 0.100. The Labute approximate surface area is 179 Å². The van der Waals surface area contributed by atoms with Crippen molar-refractivity contribution in [3.05, 3.63) is 77.2 Å².